The summed E-state index contributed by atoms with van der Waals surface area (Å²) in [4.78, 5) is 4.57. The number of para-hydroxylation sites is 1. The van der Waals surface area contributed by atoms with Gasteiger partial charge in [-0.2, -0.15) is 5.26 Å². The zero-order valence-corrected chi connectivity index (χ0v) is 11.5. The summed E-state index contributed by atoms with van der Waals surface area (Å²) in [6.07, 6.45) is 0. The van der Waals surface area contributed by atoms with Gasteiger partial charge >= 0.3 is 0 Å². The number of fused-ring (bicyclic) bond motifs is 1. The molecule has 3 heteroatoms. The lowest BCUT2D eigenvalue weighted by molar-refractivity contribution is 0.618. The number of pyridine rings is 1. The first kappa shape index (κ1) is 13.3. The van der Waals surface area contributed by atoms with E-state index in [1.54, 1.807) is 0 Å². The molecule has 3 aromatic rings. The van der Waals surface area contributed by atoms with Gasteiger partial charge in [0.25, 0.3) is 0 Å². The lowest BCUT2D eigenvalue weighted by atomic mass is 10.1. The number of nitriles is 1. The molecule has 1 atom stereocenters. The van der Waals surface area contributed by atoms with Crippen molar-refractivity contribution in [1.29, 1.82) is 5.26 Å². The van der Waals surface area contributed by atoms with Gasteiger partial charge in [-0.05, 0) is 17.7 Å². The van der Waals surface area contributed by atoms with E-state index in [0.29, 0.717) is 6.54 Å². The fraction of sp³-hybridized carbons (Fsp3) is 0.111. The Labute approximate surface area is 123 Å². The van der Waals surface area contributed by atoms with Gasteiger partial charge in [-0.25, -0.2) is 0 Å². The van der Waals surface area contributed by atoms with Crippen LogP contribution in [-0.4, -0.2) is 4.98 Å². The number of benzene rings is 2. The first-order valence-electron chi connectivity index (χ1n) is 6.89. The highest BCUT2D eigenvalue weighted by Crippen LogP contribution is 2.16. The van der Waals surface area contributed by atoms with Crippen LogP contribution in [0.25, 0.3) is 10.9 Å². The Morgan fingerprint density at radius 1 is 0.952 bits per heavy atom. The Kier molecular flexibility index (Phi) is 3.90. The summed E-state index contributed by atoms with van der Waals surface area (Å²) in [7, 11) is 0. The van der Waals surface area contributed by atoms with E-state index >= 15 is 0 Å². The molecule has 2 aromatic carbocycles. The molecule has 0 saturated carbocycles. The molecule has 0 saturated heterocycles. The van der Waals surface area contributed by atoms with E-state index in [1.165, 1.54) is 0 Å². The van der Waals surface area contributed by atoms with Crippen molar-refractivity contribution in [2.75, 3.05) is 0 Å². The fourth-order valence-electron chi connectivity index (χ4n) is 2.27. The molecule has 1 N–H and O–H groups in total. The van der Waals surface area contributed by atoms with E-state index < -0.39 is 6.04 Å². The van der Waals surface area contributed by atoms with Crippen LogP contribution in [0.15, 0.2) is 66.7 Å². The summed E-state index contributed by atoms with van der Waals surface area (Å²) in [5.41, 5.74) is 2.82. The minimum atomic E-state index is -0.408. The average molecular weight is 273 g/mol. The van der Waals surface area contributed by atoms with Crippen LogP contribution in [-0.2, 0) is 6.54 Å². The standard InChI is InChI=1S/C18H15N3/c19-12-18(20-13-14-6-2-1-3-7-14)17-11-10-15-8-4-5-9-16(15)21-17/h1-11,18,20H,13H2. The van der Waals surface area contributed by atoms with Gasteiger partial charge in [-0.1, -0.05) is 54.6 Å². The van der Waals surface area contributed by atoms with Gasteiger partial charge in [0.15, 0.2) is 0 Å². The number of hydrogen-bond donors (Lipinski definition) is 1. The van der Waals surface area contributed by atoms with Crippen molar-refractivity contribution >= 4 is 10.9 Å². The molecule has 0 fully saturated rings. The van der Waals surface area contributed by atoms with Crippen LogP contribution in [0.1, 0.15) is 17.3 Å². The first-order chi connectivity index (χ1) is 10.4. The first-order valence-corrected chi connectivity index (χ1v) is 6.89. The maximum atomic E-state index is 9.38. The van der Waals surface area contributed by atoms with Crippen molar-refractivity contribution in [3.63, 3.8) is 0 Å². The van der Waals surface area contributed by atoms with E-state index in [1.807, 2.05) is 66.7 Å². The largest absolute Gasteiger partial charge is 0.293 e. The Hall–Kier alpha value is -2.70. The number of rotatable bonds is 4. The average Bonchev–Trinajstić information content (AvgIpc) is 2.56. The molecule has 3 rings (SSSR count). The Morgan fingerprint density at radius 3 is 2.52 bits per heavy atom. The smallest absolute Gasteiger partial charge is 0.138 e. The van der Waals surface area contributed by atoms with Gasteiger partial charge in [0.1, 0.15) is 6.04 Å². The molecular weight excluding hydrogens is 258 g/mol. The molecule has 0 spiro atoms. The molecule has 0 amide bonds. The van der Waals surface area contributed by atoms with Crippen molar-refractivity contribution in [3.05, 3.63) is 78.0 Å². The summed E-state index contributed by atoms with van der Waals surface area (Å²) in [5.74, 6) is 0. The van der Waals surface area contributed by atoms with Gasteiger partial charge < -0.3 is 0 Å². The third kappa shape index (κ3) is 3.07. The van der Waals surface area contributed by atoms with E-state index in [2.05, 4.69) is 16.4 Å². The van der Waals surface area contributed by atoms with Crippen molar-refractivity contribution < 1.29 is 0 Å². The molecule has 21 heavy (non-hydrogen) atoms. The summed E-state index contributed by atoms with van der Waals surface area (Å²) >= 11 is 0. The normalized spacial score (nSPS) is 12.0. The molecule has 1 heterocycles. The second-order valence-electron chi connectivity index (χ2n) is 4.86. The fourth-order valence-corrected chi connectivity index (χ4v) is 2.27. The van der Waals surface area contributed by atoms with Crippen molar-refractivity contribution in [2.45, 2.75) is 12.6 Å². The van der Waals surface area contributed by atoms with Crippen molar-refractivity contribution in [3.8, 4) is 6.07 Å². The second kappa shape index (κ2) is 6.17. The lowest BCUT2D eigenvalue weighted by Crippen LogP contribution is -2.20. The van der Waals surface area contributed by atoms with E-state index in [9.17, 15) is 5.26 Å². The zero-order chi connectivity index (χ0) is 14.5. The quantitative estimate of drug-likeness (QED) is 0.790. The number of hydrogen-bond acceptors (Lipinski definition) is 3. The molecule has 1 unspecified atom stereocenters. The molecular formula is C18H15N3. The Morgan fingerprint density at radius 2 is 1.71 bits per heavy atom. The predicted molar refractivity (Wildman–Crippen MR) is 83.4 cm³/mol. The molecule has 0 aliphatic carbocycles. The van der Waals surface area contributed by atoms with Gasteiger partial charge in [0.05, 0.1) is 17.3 Å². The summed E-state index contributed by atoms with van der Waals surface area (Å²) in [6, 6.07) is 23.8. The van der Waals surface area contributed by atoms with Crippen LogP contribution in [0.2, 0.25) is 0 Å². The van der Waals surface area contributed by atoms with E-state index in [-0.39, 0.29) is 0 Å². The predicted octanol–water partition coefficient (Wildman–Crippen LogP) is 3.59. The topological polar surface area (TPSA) is 48.7 Å². The Bertz CT molecular complexity index is 775. The highest BCUT2D eigenvalue weighted by molar-refractivity contribution is 5.78. The summed E-state index contributed by atoms with van der Waals surface area (Å²) < 4.78 is 0. The highest BCUT2D eigenvalue weighted by Gasteiger charge is 2.11. The third-order valence-corrected chi connectivity index (χ3v) is 3.40. The highest BCUT2D eigenvalue weighted by atomic mass is 14.9. The minimum absolute atomic E-state index is 0.408. The van der Waals surface area contributed by atoms with Crippen LogP contribution in [0.5, 0.6) is 0 Å². The van der Waals surface area contributed by atoms with Crippen LogP contribution in [0, 0.1) is 11.3 Å². The molecule has 1 aromatic heterocycles. The molecule has 102 valence electrons. The minimum Gasteiger partial charge on any atom is -0.293 e. The maximum absolute atomic E-state index is 9.38. The van der Waals surface area contributed by atoms with Crippen molar-refractivity contribution in [1.82, 2.24) is 10.3 Å². The van der Waals surface area contributed by atoms with Gasteiger partial charge in [0.2, 0.25) is 0 Å². The maximum Gasteiger partial charge on any atom is 0.138 e. The third-order valence-electron chi connectivity index (χ3n) is 3.40. The van der Waals surface area contributed by atoms with Gasteiger partial charge in [-0.15, -0.1) is 0 Å². The lowest BCUT2D eigenvalue weighted by Gasteiger charge is -2.12. The van der Waals surface area contributed by atoms with Gasteiger partial charge in [-0.3, -0.25) is 10.3 Å². The number of nitrogens with one attached hydrogen (secondary N) is 1. The zero-order valence-electron chi connectivity index (χ0n) is 11.5. The second-order valence-corrected chi connectivity index (χ2v) is 4.86. The van der Waals surface area contributed by atoms with Crippen LogP contribution < -0.4 is 5.32 Å². The molecule has 0 bridgehead atoms. The summed E-state index contributed by atoms with van der Waals surface area (Å²) in [5, 5.41) is 13.7. The number of nitrogens with zero attached hydrogens (tertiary/aromatic N) is 2. The summed E-state index contributed by atoms with van der Waals surface area (Å²) in [6.45, 7) is 0.646. The molecule has 0 aliphatic rings. The molecule has 0 radical (unpaired) electrons. The van der Waals surface area contributed by atoms with Crippen LogP contribution in [0.4, 0.5) is 0 Å². The number of aromatic nitrogens is 1. The van der Waals surface area contributed by atoms with E-state index in [0.717, 1.165) is 22.2 Å². The monoisotopic (exact) mass is 273 g/mol. The van der Waals surface area contributed by atoms with Crippen molar-refractivity contribution in [2.24, 2.45) is 0 Å². The molecule has 0 aliphatic heterocycles. The SMILES string of the molecule is N#CC(NCc1ccccc1)c1ccc2ccccc2n1. The van der Waals surface area contributed by atoms with Crippen LogP contribution in [0.3, 0.4) is 0 Å². The van der Waals surface area contributed by atoms with E-state index in [4.69, 9.17) is 0 Å². The Balaban J connectivity index is 1.80. The molecule has 3 nitrogen and oxygen atoms in total. The van der Waals surface area contributed by atoms with Crippen LogP contribution >= 0.6 is 0 Å². The van der Waals surface area contributed by atoms with Gasteiger partial charge in [0, 0.05) is 11.9 Å².